The molecule has 0 saturated carbocycles. The van der Waals surface area contributed by atoms with Crippen LogP contribution in [0.4, 0.5) is 0 Å². The van der Waals surface area contributed by atoms with E-state index in [1.54, 1.807) is 10.9 Å². The highest BCUT2D eigenvalue weighted by Gasteiger charge is 2.16. The summed E-state index contributed by atoms with van der Waals surface area (Å²) in [5.41, 5.74) is 11.9. The molecule has 1 heterocycles. The van der Waals surface area contributed by atoms with Crippen LogP contribution in [0.1, 0.15) is 12.0 Å². The van der Waals surface area contributed by atoms with Gasteiger partial charge in [0.1, 0.15) is 0 Å². The molecule has 1 amide bonds. The van der Waals surface area contributed by atoms with Crippen molar-refractivity contribution >= 4 is 5.91 Å². The molecule has 90 valence electrons. The van der Waals surface area contributed by atoms with E-state index in [1.807, 2.05) is 25.2 Å². The maximum absolute atomic E-state index is 10.9. The van der Waals surface area contributed by atoms with E-state index < -0.39 is 0 Å². The minimum absolute atomic E-state index is 0.0160. The molecule has 0 aliphatic rings. The predicted molar refractivity (Wildman–Crippen MR) is 61.3 cm³/mol. The van der Waals surface area contributed by atoms with Crippen LogP contribution in [0, 0.1) is 0 Å². The van der Waals surface area contributed by atoms with Crippen molar-refractivity contribution in [1.82, 2.24) is 14.7 Å². The first-order valence-corrected chi connectivity index (χ1v) is 5.19. The fraction of sp³-hybridized carbons (Fsp3) is 0.600. The normalized spacial score (nSPS) is 13.0. The molecule has 1 aromatic rings. The highest BCUT2D eigenvalue weighted by molar-refractivity contribution is 5.74. The Kier molecular flexibility index (Phi) is 4.45. The smallest absolute Gasteiger partial charge is 0.219 e. The molecule has 1 rings (SSSR count). The summed E-state index contributed by atoms with van der Waals surface area (Å²) in [6.45, 7) is 1.13. The SMILES string of the molecule is CN(Cc1cnn(C)c1)C(CN)CC(N)=O. The molecule has 4 N–H and O–H groups in total. The summed E-state index contributed by atoms with van der Waals surface area (Å²) in [4.78, 5) is 12.9. The molecule has 0 spiro atoms. The van der Waals surface area contributed by atoms with Crippen molar-refractivity contribution in [3.8, 4) is 0 Å². The quantitative estimate of drug-likeness (QED) is 0.653. The van der Waals surface area contributed by atoms with Gasteiger partial charge in [0.05, 0.1) is 6.20 Å². The standard InChI is InChI=1S/C10H19N5O/c1-14(9(4-11)3-10(12)16)6-8-5-13-15(2)7-8/h5,7,9H,3-4,6,11H2,1-2H3,(H2,12,16). The number of likely N-dealkylation sites (N-methyl/N-ethyl adjacent to an activating group) is 1. The van der Waals surface area contributed by atoms with Crippen molar-refractivity contribution in [2.75, 3.05) is 13.6 Å². The van der Waals surface area contributed by atoms with Gasteiger partial charge in [-0.25, -0.2) is 0 Å². The lowest BCUT2D eigenvalue weighted by Gasteiger charge is -2.25. The zero-order valence-corrected chi connectivity index (χ0v) is 9.76. The number of amides is 1. The third-order valence-corrected chi connectivity index (χ3v) is 2.52. The number of nitrogens with two attached hydrogens (primary N) is 2. The fourth-order valence-electron chi connectivity index (χ4n) is 1.62. The van der Waals surface area contributed by atoms with E-state index in [9.17, 15) is 4.79 Å². The number of primary amides is 1. The van der Waals surface area contributed by atoms with Gasteiger partial charge in [-0.15, -0.1) is 0 Å². The maximum atomic E-state index is 10.9. The summed E-state index contributed by atoms with van der Waals surface area (Å²) in [6, 6.07) is -0.0160. The van der Waals surface area contributed by atoms with Gasteiger partial charge in [-0.05, 0) is 7.05 Å². The van der Waals surface area contributed by atoms with Gasteiger partial charge in [-0.2, -0.15) is 5.10 Å². The van der Waals surface area contributed by atoms with Crippen LogP contribution >= 0.6 is 0 Å². The monoisotopic (exact) mass is 225 g/mol. The van der Waals surface area contributed by atoms with Gasteiger partial charge in [-0.1, -0.05) is 0 Å². The molecule has 6 heteroatoms. The van der Waals surface area contributed by atoms with Crippen molar-refractivity contribution < 1.29 is 4.79 Å². The van der Waals surface area contributed by atoms with E-state index in [-0.39, 0.29) is 18.4 Å². The lowest BCUT2D eigenvalue weighted by molar-refractivity contribution is -0.119. The van der Waals surface area contributed by atoms with Crippen LogP contribution in [0.5, 0.6) is 0 Å². The van der Waals surface area contributed by atoms with Crippen LogP contribution in [-0.2, 0) is 18.4 Å². The molecule has 1 aromatic heterocycles. The number of nitrogens with zero attached hydrogens (tertiary/aromatic N) is 3. The zero-order chi connectivity index (χ0) is 12.1. The first-order valence-electron chi connectivity index (χ1n) is 5.19. The van der Waals surface area contributed by atoms with Gasteiger partial charge in [0.25, 0.3) is 0 Å². The number of carbonyl (C=O) groups is 1. The molecule has 0 saturated heterocycles. The lowest BCUT2D eigenvalue weighted by Crippen LogP contribution is -2.40. The van der Waals surface area contributed by atoms with Crippen LogP contribution in [0.15, 0.2) is 12.4 Å². The third-order valence-electron chi connectivity index (χ3n) is 2.52. The Morgan fingerprint density at radius 2 is 2.38 bits per heavy atom. The summed E-state index contributed by atoms with van der Waals surface area (Å²) in [5.74, 6) is -0.325. The minimum Gasteiger partial charge on any atom is -0.370 e. The number of carbonyl (C=O) groups excluding carboxylic acids is 1. The highest BCUT2D eigenvalue weighted by Crippen LogP contribution is 2.06. The first-order chi connectivity index (χ1) is 7.52. The Hall–Kier alpha value is -1.40. The highest BCUT2D eigenvalue weighted by atomic mass is 16.1. The van der Waals surface area contributed by atoms with Crippen LogP contribution in [0.3, 0.4) is 0 Å². The van der Waals surface area contributed by atoms with Crippen LogP contribution in [-0.4, -0.2) is 40.2 Å². The molecule has 0 aliphatic heterocycles. The molecule has 1 unspecified atom stereocenters. The van der Waals surface area contributed by atoms with E-state index in [0.717, 1.165) is 5.56 Å². The van der Waals surface area contributed by atoms with Gasteiger partial charge in [-0.3, -0.25) is 14.4 Å². The topological polar surface area (TPSA) is 90.2 Å². The summed E-state index contributed by atoms with van der Waals surface area (Å²) in [5, 5.41) is 4.08. The molecule has 0 bridgehead atoms. The maximum Gasteiger partial charge on any atom is 0.219 e. The number of hydrogen-bond acceptors (Lipinski definition) is 4. The van der Waals surface area contributed by atoms with Crippen molar-refractivity contribution in [2.45, 2.75) is 19.0 Å². The third kappa shape index (κ3) is 3.63. The molecular formula is C10H19N5O. The summed E-state index contributed by atoms with van der Waals surface area (Å²) in [6.07, 6.45) is 4.02. The summed E-state index contributed by atoms with van der Waals surface area (Å²) < 4.78 is 1.74. The average molecular weight is 225 g/mol. The van der Waals surface area contributed by atoms with Crippen LogP contribution in [0.2, 0.25) is 0 Å². The number of aryl methyl sites for hydroxylation is 1. The van der Waals surface area contributed by atoms with Crippen molar-refractivity contribution in [2.24, 2.45) is 18.5 Å². The van der Waals surface area contributed by atoms with E-state index in [1.165, 1.54) is 0 Å². The Bertz CT molecular complexity index is 349. The zero-order valence-electron chi connectivity index (χ0n) is 9.76. The molecular weight excluding hydrogens is 206 g/mol. The predicted octanol–water partition coefficient (Wildman–Crippen LogP) is -0.945. The van der Waals surface area contributed by atoms with Gasteiger partial charge in [0.15, 0.2) is 0 Å². The summed E-state index contributed by atoms with van der Waals surface area (Å²) in [7, 11) is 3.79. The second-order valence-electron chi connectivity index (χ2n) is 4.00. The molecule has 0 aromatic carbocycles. The average Bonchev–Trinajstić information content (AvgIpc) is 2.60. The van der Waals surface area contributed by atoms with Gasteiger partial charge >= 0.3 is 0 Å². The van der Waals surface area contributed by atoms with Gasteiger partial charge in [0, 0.05) is 44.4 Å². The van der Waals surface area contributed by atoms with Gasteiger partial charge < -0.3 is 11.5 Å². The number of rotatable bonds is 6. The van der Waals surface area contributed by atoms with Crippen molar-refractivity contribution in [3.63, 3.8) is 0 Å². The molecule has 0 aliphatic carbocycles. The second-order valence-corrected chi connectivity index (χ2v) is 4.00. The van der Waals surface area contributed by atoms with Crippen molar-refractivity contribution in [3.05, 3.63) is 18.0 Å². The molecule has 16 heavy (non-hydrogen) atoms. The molecule has 6 nitrogen and oxygen atoms in total. The minimum atomic E-state index is -0.325. The van der Waals surface area contributed by atoms with E-state index in [0.29, 0.717) is 13.1 Å². The van der Waals surface area contributed by atoms with E-state index in [4.69, 9.17) is 11.5 Å². The van der Waals surface area contributed by atoms with Gasteiger partial charge in [0.2, 0.25) is 5.91 Å². The van der Waals surface area contributed by atoms with Crippen LogP contribution in [0.25, 0.3) is 0 Å². The molecule has 0 radical (unpaired) electrons. The second kappa shape index (κ2) is 5.62. The Labute approximate surface area is 95.2 Å². The summed E-state index contributed by atoms with van der Waals surface area (Å²) >= 11 is 0. The van der Waals surface area contributed by atoms with E-state index >= 15 is 0 Å². The molecule has 0 fully saturated rings. The Morgan fingerprint density at radius 3 is 2.81 bits per heavy atom. The van der Waals surface area contributed by atoms with Crippen molar-refractivity contribution in [1.29, 1.82) is 0 Å². The largest absolute Gasteiger partial charge is 0.370 e. The van der Waals surface area contributed by atoms with E-state index in [2.05, 4.69) is 5.10 Å². The number of hydrogen-bond donors (Lipinski definition) is 2. The fourth-order valence-corrected chi connectivity index (χ4v) is 1.62. The number of aromatic nitrogens is 2. The Morgan fingerprint density at radius 1 is 1.69 bits per heavy atom. The first kappa shape index (κ1) is 12.7. The van der Waals surface area contributed by atoms with Crippen LogP contribution < -0.4 is 11.5 Å². The molecule has 1 atom stereocenters. The lowest BCUT2D eigenvalue weighted by atomic mass is 10.1. The Balaban J connectivity index is 2.55.